The number of carbonyl (C=O) groups excluding carboxylic acids is 3. The van der Waals surface area contributed by atoms with Gasteiger partial charge in [-0.15, -0.1) is 6.58 Å². The number of benzene rings is 2. The summed E-state index contributed by atoms with van der Waals surface area (Å²) in [4.78, 5) is 43.5. The zero-order chi connectivity index (χ0) is 30.6. The predicted molar refractivity (Wildman–Crippen MR) is 163 cm³/mol. The molecule has 7 rings (SSSR count). The Labute approximate surface area is 256 Å². The Bertz CT molecular complexity index is 1550. The molecule has 1 saturated carbocycles. The fourth-order valence-electron chi connectivity index (χ4n) is 7.17. The number of ether oxygens (including phenoxy) is 4. The Morgan fingerprint density at radius 2 is 1.57 bits per heavy atom. The van der Waals surface area contributed by atoms with Crippen LogP contribution in [0.5, 0.6) is 23.0 Å². The highest BCUT2D eigenvalue weighted by atomic mass is 16.5. The van der Waals surface area contributed by atoms with Crippen LogP contribution in [0.15, 0.2) is 36.9 Å². The number of hydrogen-bond donors (Lipinski definition) is 2. The highest BCUT2D eigenvalue weighted by molar-refractivity contribution is 6.11. The molecular weight excluding hydrogens is 564 g/mol. The molecule has 3 amide bonds. The molecule has 0 aromatic heterocycles. The molecule has 1 aliphatic carbocycles. The molecule has 2 saturated heterocycles. The summed E-state index contributed by atoms with van der Waals surface area (Å²) in [6, 6.07) is 6.43. The number of amides is 3. The summed E-state index contributed by atoms with van der Waals surface area (Å²) in [6.45, 7) is 6.55. The summed E-state index contributed by atoms with van der Waals surface area (Å²) in [6.07, 6.45) is 7.08. The van der Waals surface area contributed by atoms with E-state index in [0.29, 0.717) is 91.2 Å². The number of hydrogen-bond acceptors (Lipinski definition) is 8. The van der Waals surface area contributed by atoms with Gasteiger partial charge in [-0.3, -0.25) is 14.4 Å². The Hall–Kier alpha value is -4.41. The Kier molecular flexibility index (Phi) is 6.86. The molecule has 11 heteroatoms. The minimum atomic E-state index is -0.441. The fraction of sp³-hybridized carbons (Fsp3) is 0.485. The summed E-state index contributed by atoms with van der Waals surface area (Å²) < 4.78 is 23.3. The molecule has 1 unspecified atom stereocenters. The maximum absolute atomic E-state index is 13.4. The SMILES string of the molecule is C=CC12CCCN1C(=O)c1cc(OC)c(OCCCOc3cc4c(cc3OC)C(=O)N3CC5(CC5)C[C@H]3C(=O)N4)cc1NC2. The smallest absolute Gasteiger partial charge is 0.256 e. The van der Waals surface area contributed by atoms with Crippen LogP contribution in [0.4, 0.5) is 11.4 Å². The molecule has 2 aromatic rings. The average Bonchev–Trinajstić information content (AvgIpc) is 3.53. The molecule has 4 aliphatic heterocycles. The van der Waals surface area contributed by atoms with E-state index >= 15 is 0 Å². The van der Waals surface area contributed by atoms with E-state index in [0.717, 1.165) is 25.7 Å². The normalized spacial score (nSPS) is 24.2. The molecule has 2 N–H and O–H groups in total. The monoisotopic (exact) mass is 602 g/mol. The lowest BCUT2D eigenvalue weighted by Crippen LogP contribution is -2.48. The third kappa shape index (κ3) is 4.60. The van der Waals surface area contributed by atoms with Crippen LogP contribution in [0.3, 0.4) is 0 Å². The zero-order valence-corrected chi connectivity index (χ0v) is 25.2. The van der Waals surface area contributed by atoms with Crippen molar-refractivity contribution in [3.63, 3.8) is 0 Å². The summed E-state index contributed by atoms with van der Waals surface area (Å²) >= 11 is 0. The number of anilines is 2. The van der Waals surface area contributed by atoms with E-state index in [1.807, 2.05) is 17.0 Å². The molecule has 1 spiro atoms. The Balaban J connectivity index is 1.01. The molecule has 0 radical (unpaired) electrons. The number of rotatable bonds is 9. The van der Waals surface area contributed by atoms with Gasteiger partial charge in [0.25, 0.3) is 11.8 Å². The second kappa shape index (κ2) is 10.6. The maximum atomic E-state index is 13.4. The van der Waals surface area contributed by atoms with Gasteiger partial charge >= 0.3 is 0 Å². The van der Waals surface area contributed by atoms with Gasteiger partial charge < -0.3 is 39.4 Å². The van der Waals surface area contributed by atoms with Crippen LogP contribution in [0.25, 0.3) is 0 Å². The van der Waals surface area contributed by atoms with Gasteiger partial charge in [-0.25, -0.2) is 0 Å². The van der Waals surface area contributed by atoms with E-state index in [1.54, 1.807) is 30.2 Å². The molecule has 232 valence electrons. The van der Waals surface area contributed by atoms with Crippen molar-refractivity contribution in [1.29, 1.82) is 0 Å². The third-order valence-electron chi connectivity index (χ3n) is 9.90. The minimum absolute atomic E-state index is 0.0412. The standard InChI is InChI=1S/C33H38N4O7/c1-4-33-7-5-10-37(33)31(40)20-13-25(41-2)27(15-22(20)34-18-33)43-11-6-12-44-28-16-23-21(14-26(28)42-3)30(39)36-19-32(8-9-32)17-24(36)29(38)35-23/h4,13-16,24,34H,1,5-12,17-19H2,2-3H3,(H,35,38)/t24-,33?/m0/s1. The summed E-state index contributed by atoms with van der Waals surface area (Å²) in [7, 11) is 3.08. The van der Waals surface area contributed by atoms with Gasteiger partial charge in [0.15, 0.2) is 23.0 Å². The van der Waals surface area contributed by atoms with Gasteiger partial charge in [-0.05, 0) is 49.7 Å². The summed E-state index contributed by atoms with van der Waals surface area (Å²) in [5, 5.41) is 6.39. The van der Waals surface area contributed by atoms with Crippen molar-refractivity contribution in [3.8, 4) is 23.0 Å². The molecule has 2 atom stereocenters. The van der Waals surface area contributed by atoms with Gasteiger partial charge in [0, 0.05) is 38.2 Å². The molecule has 0 bridgehead atoms. The van der Waals surface area contributed by atoms with E-state index in [4.69, 9.17) is 18.9 Å². The number of methoxy groups -OCH3 is 2. The topological polar surface area (TPSA) is 119 Å². The van der Waals surface area contributed by atoms with Crippen LogP contribution in [-0.2, 0) is 4.79 Å². The lowest BCUT2D eigenvalue weighted by atomic mass is 9.96. The van der Waals surface area contributed by atoms with Crippen molar-refractivity contribution >= 4 is 29.1 Å². The first-order valence-electron chi connectivity index (χ1n) is 15.3. The third-order valence-corrected chi connectivity index (χ3v) is 9.90. The second-order valence-corrected chi connectivity index (χ2v) is 12.5. The van der Waals surface area contributed by atoms with Crippen molar-refractivity contribution in [2.75, 3.05) is 57.7 Å². The van der Waals surface area contributed by atoms with Crippen LogP contribution in [-0.4, -0.2) is 86.2 Å². The van der Waals surface area contributed by atoms with E-state index in [1.165, 1.54) is 7.11 Å². The fourth-order valence-corrected chi connectivity index (χ4v) is 7.17. The molecule has 2 aromatic carbocycles. The molecule has 11 nitrogen and oxygen atoms in total. The zero-order valence-electron chi connectivity index (χ0n) is 25.2. The first-order valence-corrected chi connectivity index (χ1v) is 15.3. The quantitative estimate of drug-likeness (QED) is 0.326. The van der Waals surface area contributed by atoms with Crippen LogP contribution in [0, 0.1) is 5.41 Å². The van der Waals surface area contributed by atoms with Gasteiger partial charge in [-0.1, -0.05) is 6.08 Å². The highest BCUT2D eigenvalue weighted by Gasteiger charge is 2.56. The summed E-state index contributed by atoms with van der Waals surface area (Å²) in [5.41, 5.74) is 1.82. The van der Waals surface area contributed by atoms with E-state index in [-0.39, 0.29) is 23.1 Å². The minimum Gasteiger partial charge on any atom is -0.493 e. The van der Waals surface area contributed by atoms with Crippen molar-refractivity contribution in [1.82, 2.24) is 9.80 Å². The molecule has 44 heavy (non-hydrogen) atoms. The van der Waals surface area contributed by atoms with Crippen molar-refractivity contribution in [2.24, 2.45) is 5.41 Å². The van der Waals surface area contributed by atoms with Gasteiger partial charge in [0.1, 0.15) is 6.04 Å². The maximum Gasteiger partial charge on any atom is 0.256 e. The Morgan fingerprint density at radius 1 is 0.909 bits per heavy atom. The molecule has 5 aliphatic rings. The summed E-state index contributed by atoms with van der Waals surface area (Å²) in [5.74, 6) is 1.51. The van der Waals surface area contributed by atoms with Crippen LogP contribution < -0.4 is 29.6 Å². The van der Waals surface area contributed by atoms with Crippen LogP contribution >= 0.6 is 0 Å². The largest absolute Gasteiger partial charge is 0.493 e. The molecule has 3 fully saturated rings. The van der Waals surface area contributed by atoms with E-state index < -0.39 is 11.6 Å². The van der Waals surface area contributed by atoms with E-state index in [9.17, 15) is 14.4 Å². The molecular formula is C33H38N4O7. The lowest BCUT2D eigenvalue weighted by Gasteiger charge is -2.34. The van der Waals surface area contributed by atoms with Crippen molar-refractivity contribution in [3.05, 3.63) is 48.0 Å². The van der Waals surface area contributed by atoms with Gasteiger partial charge in [-0.2, -0.15) is 0 Å². The van der Waals surface area contributed by atoms with Gasteiger partial charge in [0.05, 0.1) is 55.5 Å². The van der Waals surface area contributed by atoms with Gasteiger partial charge in [0.2, 0.25) is 5.91 Å². The van der Waals surface area contributed by atoms with Crippen LogP contribution in [0.1, 0.15) is 59.2 Å². The first-order chi connectivity index (χ1) is 21.3. The average molecular weight is 603 g/mol. The van der Waals surface area contributed by atoms with Crippen molar-refractivity contribution < 1.29 is 33.3 Å². The predicted octanol–water partition coefficient (Wildman–Crippen LogP) is 4.08. The van der Waals surface area contributed by atoms with Crippen LogP contribution in [0.2, 0.25) is 0 Å². The second-order valence-electron chi connectivity index (χ2n) is 12.5. The number of nitrogens with one attached hydrogen (secondary N) is 2. The Morgan fingerprint density at radius 3 is 2.20 bits per heavy atom. The van der Waals surface area contributed by atoms with Crippen molar-refractivity contribution in [2.45, 2.75) is 50.1 Å². The van der Waals surface area contributed by atoms with E-state index in [2.05, 4.69) is 17.2 Å². The number of fused-ring (bicyclic) bond motifs is 4. The molecule has 4 heterocycles. The highest BCUT2D eigenvalue weighted by Crippen LogP contribution is 2.56. The number of carbonyl (C=O) groups is 3. The number of nitrogens with zero attached hydrogens (tertiary/aromatic N) is 2. The first kappa shape index (κ1) is 28.4. The lowest BCUT2D eigenvalue weighted by molar-refractivity contribution is -0.119.